The molecule has 0 saturated carbocycles. The molecule has 0 bridgehead atoms. The first kappa shape index (κ1) is 7.88. The molecule has 0 aliphatic carbocycles. The molecule has 1 aliphatic rings. The lowest BCUT2D eigenvalue weighted by atomic mass is 10.0. The number of aliphatic carboxylic acids is 1. The average molecular weight is 161 g/mol. The second kappa shape index (κ2) is 2.43. The number of thioether (sulfide) groups is 1. The highest BCUT2D eigenvalue weighted by molar-refractivity contribution is 8.00. The quantitative estimate of drug-likeness (QED) is 0.588. The van der Waals surface area contributed by atoms with E-state index in [1.165, 1.54) is 11.8 Å². The van der Waals surface area contributed by atoms with Gasteiger partial charge in [-0.1, -0.05) is 0 Å². The summed E-state index contributed by atoms with van der Waals surface area (Å²) in [7, 11) is 0. The number of nitrogens with one attached hydrogen (secondary N) is 1. The van der Waals surface area contributed by atoms with Crippen LogP contribution >= 0.6 is 11.8 Å². The van der Waals surface area contributed by atoms with Crippen LogP contribution < -0.4 is 5.32 Å². The zero-order valence-electron chi connectivity index (χ0n) is 6.05. The van der Waals surface area contributed by atoms with Gasteiger partial charge in [0.25, 0.3) is 0 Å². The van der Waals surface area contributed by atoms with E-state index in [0.29, 0.717) is 0 Å². The average Bonchev–Trinajstić information content (AvgIpc) is 2.08. The maximum Gasteiger partial charge on any atom is 0.318 e. The van der Waals surface area contributed by atoms with Gasteiger partial charge in [0.1, 0.15) is 5.25 Å². The third-order valence-electron chi connectivity index (χ3n) is 1.66. The van der Waals surface area contributed by atoms with E-state index in [4.69, 9.17) is 5.11 Å². The standard InChI is InChI=1S/C6H11NO2S/c1-6(2)4(5(8)9)10-3-7-6/h4,7H,3H2,1-2H3,(H,8,9)/t4-/m1/s1. The SMILES string of the molecule is CC1(C)NCS[C@@H]1C(=O)O. The van der Waals surface area contributed by atoms with Crippen molar-refractivity contribution >= 4 is 17.7 Å². The minimum Gasteiger partial charge on any atom is -0.480 e. The van der Waals surface area contributed by atoms with Crippen molar-refractivity contribution in [1.29, 1.82) is 0 Å². The highest BCUT2D eigenvalue weighted by Gasteiger charge is 2.39. The highest BCUT2D eigenvalue weighted by atomic mass is 32.2. The van der Waals surface area contributed by atoms with E-state index >= 15 is 0 Å². The summed E-state index contributed by atoms with van der Waals surface area (Å²) >= 11 is 1.45. The Hall–Kier alpha value is -0.220. The van der Waals surface area contributed by atoms with Crippen LogP contribution in [0.1, 0.15) is 13.8 Å². The molecule has 1 rings (SSSR count). The fraction of sp³-hybridized carbons (Fsp3) is 0.833. The molecule has 2 N–H and O–H groups in total. The number of rotatable bonds is 1. The van der Waals surface area contributed by atoms with Gasteiger partial charge in [-0.05, 0) is 13.8 Å². The van der Waals surface area contributed by atoms with Crippen molar-refractivity contribution in [3.63, 3.8) is 0 Å². The molecule has 1 atom stereocenters. The van der Waals surface area contributed by atoms with E-state index in [0.717, 1.165) is 5.88 Å². The van der Waals surface area contributed by atoms with Crippen molar-refractivity contribution in [3.05, 3.63) is 0 Å². The summed E-state index contributed by atoms with van der Waals surface area (Å²) < 4.78 is 0. The molecule has 10 heavy (non-hydrogen) atoms. The van der Waals surface area contributed by atoms with Gasteiger partial charge in [0.2, 0.25) is 0 Å². The molecule has 0 aromatic heterocycles. The first-order valence-corrected chi connectivity index (χ1v) is 4.18. The van der Waals surface area contributed by atoms with Crippen molar-refractivity contribution < 1.29 is 9.90 Å². The van der Waals surface area contributed by atoms with Gasteiger partial charge in [-0.15, -0.1) is 11.8 Å². The molecule has 0 aromatic carbocycles. The first-order valence-electron chi connectivity index (χ1n) is 3.13. The number of carboxylic acids is 1. The second-order valence-corrected chi connectivity index (χ2v) is 4.02. The van der Waals surface area contributed by atoms with Crippen LogP contribution in [0.2, 0.25) is 0 Å². The van der Waals surface area contributed by atoms with Gasteiger partial charge in [0.15, 0.2) is 0 Å². The number of carboxylic acid groups (broad SMARTS) is 1. The topological polar surface area (TPSA) is 49.3 Å². The molecule has 58 valence electrons. The summed E-state index contributed by atoms with van der Waals surface area (Å²) in [6.07, 6.45) is 0. The molecule has 0 unspecified atom stereocenters. The smallest absolute Gasteiger partial charge is 0.318 e. The predicted octanol–water partition coefficient (Wildman–Crippen LogP) is 0.512. The molecule has 1 fully saturated rings. The Bertz CT molecular complexity index is 158. The molecule has 0 amide bonds. The lowest BCUT2D eigenvalue weighted by Crippen LogP contribution is -2.44. The molecule has 4 heteroatoms. The molecular weight excluding hydrogens is 150 g/mol. The molecule has 0 radical (unpaired) electrons. The molecule has 0 aromatic rings. The molecule has 1 heterocycles. The van der Waals surface area contributed by atoms with Crippen molar-refractivity contribution in [2.24, 2.45) is 0 Å². The zero-order chi connectivity index (χ0) is 7.78. The summed E-state index contributed by atoms with van der Waals surface area (Å²) in [6, 6.07) is 0. The van der Waals surface area contributed by atoms with Crippen molar-refractivity contribution in [2.45, 2.75) is 24.6 Å². The third kappa shape index (κ3) is 1.27. The Morgan fingerprint density at radius 1 is 1.80 bits per heavy atom. The lowest BCUT2D eigenvalue weighted by molar-refractivity contribution is -0.137. The van der Waals surface area contributed by atoms with Gasteiger partial charge in [0.05, 0.1) is 0 Å². The van der Waals surface area contributed by atoms with Gasteiger partial charge < -0.3 is 10.4 Å². The van der Waals surface area contributed by atoms with Crippen molar-refractivity contribution in [1.82, 2.24) is 5.32 Å². The summed E-state index contributed by atoms with van der Waals surface area (Å²) in [5.74, 6) is 0.0178. The first-order chi connectivity index (χ1) is 4.54. The van der Waals surface area contributed by atoms with Crippen LogP contribution in [-0.4, -0.2) is 27.7 Å². The Morgan fingerprint density at radius 3 is 2.60 bits per heavy atom. The molecular formula is C6H11NO2S. The highest BCUT2D eigenvalue weighted by Crippen LogP contribution is 2.29. The predicted molar refractivity (Wildman–Crippen MR) is 41.1 cm³/mol. The number of hydrogen-bond acceptors (Lipinski definition) is 3. The van der Waals surface area contributed by atoms with E-state index in [1.54, 1.807) is 0 Å². The van der Waals surface area contributed by atoms with Crippen LogP contribution in [-0.2, 0) is 4.79 Å². The van der Waals surface area contributed by atoms with E-state index < -0.39 is 5.97 Å². The minimum atomic E-state index is -0.722. The fourth-order valence-electron chi connectivity index (χ4n) is 0.992. The molecule has 3 nitrogen and oxygen atoms in total. The van der Waals surface area contributed by atoms with Crippen LogP contribution in [0.15, 0.2) is 0 Å². The summed E-state index contributed by atoms with van der Waals surface area (Å²) in [6.45, 7) is 3.82. The molecule has 0 spiro atoms. The third-order valence-corrected chi connectivity index (χ3v) is 3.09. The van der Waals surface area contributed by atoms with Gasteiger partial charge in [-0.2, -0.15) is 0 Å². The summed E-state index contributed by atoms with van der Waals surface area (Å²) in [5, 5.41) is 11.5. The Balaban J connectivity index is 2.68. The Labute approximate surface area is 64.2 Å². The van der Waals surface area contributed by atoms with Gasteiger partial charge >= 0.3 is 5.97 Å². The summed E-state index contributed by atoms with van der Waals surface area (Å²) in [5.41, 5.74) is -0.253. The molecule has 1 saturated heterocycles. The van der Waals surface area contributed by atoms with Crippen molar-refractivity contribution in [3.8, 4) is 0 Å². The Morgan fingerprint density at radius 2 is 2.40 bits per heavy atom. The zero-order valence-corrected chi connectivity index (χ0v) is 6.86. The fourth-order valence-corrected chi connectivity index (χ4v) is 2.26. The van der Waals surface area contributed by atoms with Crippen LogP contribution in [0.3, 0.4) is 0 Å². The van der Waals surface area contributed by atoms with E-state index in [-0.39, 0.29) is 10.8 Å². The lowest BCUT2D eigenvalue weighted by Gasteiger charge is -2.21. The van der Waals surface area contributed by atoms with Crippen molar-refractivity contribution in [2.75, 3.05) is 5.88 Å². The second-order valence-electron chi connectivity index (χ2n) is 2.93. The van der Waals surface area contributed by atoms with E-state index in [1.807, 2.05) is 13.8 Å². The largest absolute Gasteiger partial charge is 0.480 e. The number of carbonyl (C=O) groups is 1. The van der Waals surface area contributed by atoms with E-state index in [2.05, 4.69) is 5.32 Å². The normalized spacial score (nSPS) is 30.4. The van der Waals surface area contributed by atoms with Gasteiger partial charge in [-0.25, -0.2) is 0 Å². The van der Waals surface area contributed by atoms with Gasteiger partial charge in [0, 0.05) is 11.4 Å². The van der Waals surface area contributed by atoms with Crippen LogP contribution in [0.4, 0.5) is 0 Å². The molecule has 1 aliphatic heterocycles. The minimum absolute atomic E-state index is 0.253. The number of hydrogen-bond donors (Lipinski definition) is 2. The Kier molecular flexibility index (Phi) is 1.92. The monoisotopic (exact) mass is 161 g/mol. The van der Waals surface area contributed by atoms with Crippen LogP contribution in [0, 0.1) is 0 Å². The maximum absolute atomic E-state index is 10.6. The van der Waals surface area contributed by atoms with E-state index in [9.17, 15) is 4.79 Å². The van der Waals surface area contributed by atoms with Crippen LogP contribution in [0.5, 0.6) is 0 Å². The summed E-state index contributed by atoms with van der Waals surface area (Å²) in [4.78, 5) is 10.6. The maximum atomic E-state index is 10.6. The van der Waals surface area contributed by atoms with Crippen LogP contribution in [0.25, 0.3) is 0 Å². The van der Waals surface area contributed by atoms with Gasteiger partial charge in [-0.3, -0.25) is 4.79 Å².